The van der Waals surface area contributed by atoms with E-state index in [4.69, 9.17) is 4.74 Å². The van der Waals surface area contributed by atoms with Gasteiger partial charge in [0.25, 0.3) is 0 Å². The molecular weight excluding hydrogens is 644 g/mol. The number of nitrogens with one attached hydrogen (secondary N) is 2. The van der Waals surface area contributed by atoms with Gasteiger partial charge in [0.05, 0.1) is 11.5 Å². The quantitative estimate of drug-likeness (QED) is 0.166. The molecule has 0 spiro atoms. The molecule has 7 nitrogen and oxygen atoms in total. The summed E-state index contributed by atoms with van der Waals surface area (Å²) < 4.78 is 6.96. The molecule has 4 aromatic rings. The van der Waals surface area contributed by atoms with E-state index in [9.17, 15) is 19.5 Å². The molecule has 1 aliphatic carbocycles. The Kier molecular flexibility index (Phi) is 9.79. The smallest absolute Gasteiger partial charge is 0.235 e. The Morgan fingerprint density at radius 1 is 0.848 bits per heavy atom. The maximum Gasteiger partial charge on any atom is 0.235 e. The van der Waals surface area contributed by atoms with Crippen LogP contribution in [0.15, 0.2) is 89.4 Å². The average Bonchev–Trinajstić information content (AvgIpc) is 2.99. The standard InChI is InChI=1S/C38H39BrN2O5/c1-22-9-11-24(3)30(17-22)40-36(43)34-32(42)20-38(5,45)35(37(44)41-31-18-23(2)10-12-25(31)4)33(34)27-13-15-29(16-14-27)46-21-26-7-6-8-28(39)19-26/h6-19,33-35,45H,20-21H2,1-5H3,(H,40,43)(H,41,44). The Morgan fingerprint density at radius 2 is 1.43 bits per heavy atom. The van der Waals surface area contributed by atoms with Gasteiger partial charge in [-0.3, -0.25) is 14.4 Å². The molecule has 5 rings (SSSR count). The fraction of sp³-hybridized carbons (Fsp3) is 0.289. The van der Waals surface area contributed by atoms with Crippen molar-refractivity contribution < 1.29 is 24.2 Å². The normalized spacial score (nSPS) is 21.0. The average molecular weight is 684 g/mol. The molecule has 1 fully saturated rings. The highest BCUT2D eigenvalue weighted by molar-refractivity contribution is 9.10. The molecule has 3 N–H and O–H groups in total. The lowest BCUT2D eigenvalue weighted by atomic mass is 9.61. The molecule has 4 aromatic carbocycles. The number of aliphatic hydroxyl groups is 1. The zero-order valence-electron chi connectivity index (χ0n) is 26.7. The minimum absolute atomic E-state index is 0.340. The topological polar surface area (TPSA) is 105 Å². The molecule has 46 heavy (non-hydrogen) atoms. The molecule has 0 aliphatic heterocycles. The van der Waals surface area contributed by atoms with Crippen LogP contribution in [0.25, 0.3) is 0 Å². The SMILES string of the molecule is Cc1ccc(C)c(NC(=O)C2C(=O)CC(C)(O)C(C(=O)Nc3cc(C)ccc3C)C2c2ccc(OCc3cccc(Br)c3)cc2)c1. The maximum absolute atomic E-state index is 14.2. The minimum atomic E-state index is -1.71. The van der Waals surface area contributed by atoms with Crippen LogP contribution < -0.4 is 15.4 Å². The van der Waals surface area contributed by atoms with Crippen LogP contribution in [0.3, 0.4) is 0 Å². The third-order valence-corrected chi connectivity index (χ3v) is 9.19. The van der Waals surface area contributed by atoms with E-state index in [0.717, 1.165) is 32.3 Å². The summed E-state index contributed by atoms with van der Waals surface area (Å²) in [5.41, 5.74) is 4.69. The highest BCUT2D eigenvalue weighted by atomic mass is 79.9. The molecule has 1 aliphatic rings. The van der Waals surface area contributed by atoms with Crippen LogP contribution in [0.1, 0.15) is 52.6 Å². The van der Waals surface area contributed by atoms with Crippen LogP contribution >= 0.6 is 15.9 Å². The van der Waals surface area contributed by atoms with Gasteiger partial charge < -0.3 is 20.5 Å². The maximum atomic E-state index is 14.2. The summed E-state index contributed by atoms with van der Waals surface area (Å²) in [5.74, 6) is -4.11. The third kappa shape index (κ3) is 7.40. The van der Waals surface area contributed by atoms with Gasteiger partial charge in [-0.25, -0.2) is 0 Å². The number of Topliss-reactive ketones (excluding diaryl/α,β-unsaturated/α-hetero) is 1. The summed E-state index contributed by atoms with van der Waals surface area (Å²) in [6.45, 7) is 9.47. The van der Waals surface area contributed by atoms with E-state index < -0.39 is 41.0 Å². The van der Waals surface area contributed by atoms with Crippen LogP contribution in [0.5, 0.6) is 5.75 Å². The summed E-state index contributed by atoms with van der Waals surface area (Å²) in [5, 5.41) is 17.7. The number of amides is 2. The van der Waals surface area contributed by atoms with Gasteiger partial charge >= 0.3 is 0 Å². The predicted octanol–water partition coefficient (Wildman–Crippen LogP) is 7.58. The van der Waals surface area contributed by atoms with Crippen molar-refractivity contribution in [2.24, 2.45) is 11.8 Å². The summed E-state index contributed by atoms with van der Waals surface area (Å²) in [4.78, 5) is 42.0. The van der Waals surface area contributed by atoms with E-state index in [1.165, 1.54) is 6.92 Å². The van der Waals surface area contributed by atoms with Crippen molar-refractivity contribution in [1.82, 2.24) is 0 Å². The minimum Gasteiger partial charge on any atom is -0.489 e. The molecule has 0 bridgehead atoms. The number of ether oxygens (including phenoxy) is 1. The Hall–Kier alpha value is -4.27. The highest BCUT2D eigenvalue weighted by Gasteiger charge is 2.56. The van der Waals surface area contributed by atoms with Gasteiger partial charge in [-0.05, 0) is 104 Å². The van der Waals surface area contributed by atoms with Crippen LogP contribution in [-0.2, 0) is 21.0 Å². The van der Waals surface area contributed by atoms with Crippen LogP contribution in [0, 0.1) is 39.5 Å². The van der Waals surface area contributed by atoms with Crippen molar-refractivity contribution in [3.05, 3.63) is 123 Å². The number of hydrogen-bond acceptors (Lipinski definition) is 5. The van der Waals surface area contributed by atoms with Gasteiger partial charge in [-0.15, -0.1) is 0 Å². The van der Waals surface area contributed by atoms with Crippen LogP contribution in [0.4, 0.5) is 11.4 Å². The highest BCUT2D eigenvalue weighted by Crippen LogP contribution is 2.47. The first kappa shape index (κ1) is 33.1. The van der Waals surface area contributed by atoms with Crippen molar-refractivity contribution in [1.29, 1.82) is 0 Å². The number of hydrogen-bond donors (Lipinski definition) is 3. The molecule has 0 aromatic heterocycles. The fourth-order valence-corrected chi connectivity index (χ4v) is 6.68. The van der Waals surface area contributed by atoms with Crippen LogP contribution in [0.2, 0.25) is 0 Å². The second kappa shape index (κ2) is 13.6. The third-order valence-electron chi connectivity index (χ3n) is 8.69. The summed E-state index contributed by atoms with van der Waals surface area (Å²) in [6.07, 6.45) is -0.340. The number of anilines is 2. The number of carbonyl (C=O) groups is 3. The van der Waals surface area contributed by atoms with Gasteiger partial charge in [0.1, 0.15) is 24.1 Å². The Balaban J connectivity index is 1.52. The number of carbonyl (C=O) groups excluding carboxylic acids is 3. The Labute approximate surface area is 278 Å². The molecule has 2 amide bonds. The van der Waals surface area contributed by atoms with Gasteiger partial charge in [0.2, 0.25) is 11.8 Å². The lowest BCUT2D eigenvalue weighted by molar-refractivity contribution is -0.150. The first-order valence-corrected chi connectivity index (χ1v) is 16.1. The molecular formula is C38H39BrN2O5. The lowest BCUT2D eigenvalue weighted by Gasteiger charge is -2.44. The molecule has 1 saturated carbocycles. The monoisotopic (exact) mass is 682 g/mol. The fourth-order valence-electron chi connectivity index (χ4n) is 6.23. The molecule has 0 saturated heterocycles. The summed E-state index contributed by atoms with van der Waals surface area (Å²) >= 11 is 3.48. The van der Waals surface area contributed by atoms with Crippen molar-refractivity contribution in [3.8, 4) is 5.75 Å². The first-order chi connectivity index (χ1) is 21.8. The van der Waals surface area contributed by atoms with E-state index >= 15 is 0 Å². The second-order valence-corrected chi connectivity index (χ2v) is 13.5. The molecule has 0 radical (unpaired) electrons. The molecule has 4 atom stereocenters. The summed E-state index contributed by atoms with van der Waals surface area (Å²) in [6, 6.07) is 26.3. The zero-order chi connectivity index (χ0) is 33.2. The van der Waals surface area contributed by atoms with Crippen LogP contribution in [-0.4, -0.2) is 28.3 Å². The summed E-state index contributed by atoms with van der Waals surface area (Å²) in [7, 11) is 0. The van der Waals surface area contributed by atoms with Gasteiger partial charge in [0.15, 0.2) is 0 Å². The molecule has 8 heteroatoms. The van der Waals surface area contributed by atoms with E-state index in [2.05, 4.69) is 26.6 Å². The molecule has 238 valence electrons. The van der Waals surface area contributed by atoms with Gasteiger partial charge in [-0.2, -0.15) is 0 Å². The second-order valence-electron chi connectivity index (χ2n) is 12.6. The number of aryl methyl sites for hydroxylation is 4. The Bertz CT molecular complexity index is 1780. The Morgan fingerprint density at radius 3 is 2.02 bits per heavy atom. The van der Waals surface area contributed by atoms with Gasteiger partial charge in [-0.1, -0.05) is 64.5 Å². The lowest BCUT2D eigenvalue weighted by Crippen LogP contribution is -2.56. The molecule has 0 heterocycles. The largest absolute Gasteiger partial charge is 0.489 e. The number of halogens is 1. The molecule has 4 unspecified atom stereocenters. The van der Waals surface area contributed by atoms with Crippen molar-refractivity contribution in [3.63, 3.8) is 0 Å². The number of ketones is 1. The number of rotatable bonds is 8. The zero-order valence-corrected chi connectivity index (χ0v) is 28.3. The van der Waals surface area contributed by atoms with E-state index in [0.29, 0.717) is 29.3 Å². The predicted molar refractivity (Wildman–Crippen MR) is 184 cm³/mol. The number of benzene rings is 4. The van der Waals surface area contributed by atoms with E-state index in [-0.39, 0.29) is 6.42 Å². The van der Waals surface area contributed by atoms with Gasteiger partial charge in [0, 0.05) is 28.2 Å². The first-order valence-electron chi connectivity index (χ1n) is 15.3. The van der Waals surface area contributed by atoms with Crippen molar-refractivity contribution in [2.75, 3.05) is 10.6 Å². The van der Waals surface area contributed by atoms with Crippen molar-refractivity contribution in [2.45, 2.75) is 59.2 Å². The van der Waals surface area contributed by atoms with E-state index in [1.54, 1.807) is 24.3 Å². The van der Waals surface area contributed by atoms with Crippen molar-refractivity contribution >= 4 is 44.9 Å². The van der Waals surface area contributed by atoms with E-state index in [1.807, 2.05) is 88.4 Å².